The lowest BCUT2D eigenvalue weighted by Crippen LogP contribution is -2.27. The van der Waals surface area contributed by atoms with Crippen molar-refractivity contribution in [2.75, 3.05) is 12.3 Å². The van der Waals surface area contributed by atoms with Crippen LogP contribution in [-0.4, -0.2) is 42.4 Å². The van der Waals surface area contributed by atoms with Crippen molar-refractivity contribution in [3.05, 3.63) is 11.6 Å². The first-order valence-electron chi connectivity index (χ1n) is 6.82. The summed E-state index contributed by atoms with van der Waals surface area (Å²) in [7, 11) is -4.04. The van der Waals surface area contributed by atoms with Gasteiger partial charge in [0.05, 0.1) is 11.9 Å². The van der Waals surface area contributed by atoms with Crippen LogP contribution in [0.1, 0.15) is 46.0 Å². The summed E-state index contributed by atoms with van der Waals surface area (Å²) in [5, 5.41) is 11.8. The van der Waals surface area contributed by atoms with Crippen molar-refractivity contribution in [2.45, 2.75) is 52.1 Å². The number of rotatable bonds is 10. The Morgan fingerprint density at radius 2 is 2.00 bits per heavy atom. The van der Waals surface area contributed by atoms with Gasteiger partial charge in [-0.2, -0.15) is 8.42 Å². The molecule has 0 bridgehead atoms. The summed E-state index contributed by atoms with van der Waals surface area (Å²) in [6.07, 6.45) is 5.28. The van der Waals surface area contributed by atoms with Crippen LogP contribution in [0.3, 0.4) is 0 Å². The molecule has 6 nitrogen and oxygen atoms in total. The summed E-state index contributed by atoms with van der Waals surface area (Å²) in [4.78, 5) is 11.4. The molecule has 1 atom stereocenters. The fraction of sp³-hybridized carbons (Fsp3) is 0.769. The molecule has 0 aromatic rings. The van der Waals surface area contributed by atoms with Crippen molar-refractivity contribution in [2.24, 2.45) is 0 Å². The number of carbonyl (C=O) groups excluding carboxylic acids is 1. The third-order valence-electron chi connectivity index (χ3n) is 2.87. The van der Waals surface area contributed by atoms with Crippen molar-refractivity contribution in [1.29, 1.82) is 0 Å². The van der Waals surface area contributed by atoms with Crippen molar-refractivity contribution >= 4 is 16.0 Å². The lowest BCUT2D eigenvalue weighted by atomic mass is 10.1. The van der Waals surface area contributed by atoms with Gasteiger partial charge < -0.3 is 10.4 Å². The molecule has 1 amide bonds. The Labute approximate surface area is 121 Å². The minimum Gasteiger partial charge on any atom is -0.393 e. The van der Waals surface area contributed by atoms with Gasteiger partial charge in [-0.3, -0.25) is 9.35 Å². The fourth-order valence-electron chi connectivity index (χ4n) is 1.64. The average molecular weight is 307 g/mol. The van der Waals surface area contributed by atoms with E-state index in [9.17, 15) is 18.3 Å². The molecule has 0 aliphatic carbocycles. The number of hydrogen-bond acceptors (Lipinski definition) is 4. The summed E-state index contributed by atoms with van der Waals surface area (Å²) >= 11 is 0. The standard InChI is InChI=1S/C13H25NO5S/c1-3-12(15)7-5-4-6-11(2)10-13(16)14-8-9-20(17,18)19/h10,12,15H,3-9H2,1-2H3,(H,14,16)(H,17,18,19)/b11-10-/t12-/m1/s1. The first kappa shape index (κ1) is 19.1. The monoisotopic (exact) mass is 307 g/mol. The third-order valence-corrected chi connectivity index (χ3v) is 3.59. The first-order valence-corrected chi connectivity index (χ1v) is 8.43. The van der Waals surface area contributed by atoms with E-state index in [0.717, 1.165) is 37.7 Å². The number of hydrogen-bond donors (Lipinski definition) is 3. The van der Waals surface area contributed by atoms with Gasteiger partial charge in [-0.15, -0.1) is 0 Å². The maximum absolute atomic E-state index is 11.4. The van der Waals surface area contributed by atoms with Gasteiger partial charge in [0.15, 0.2) is 0 Å². The highest BCUT2D eigenvalue weighted by Gasteiger charge is 2.05. The van der Waals surface area contributed by atoms with Gasteiger partial charge in [0.2, 0.25) is 5.91 Å². The largest absolute Gasteiger partial charge is 0.393 e. The van der Waals surface area contributed by atoms with Crippen molar-refractivity contribution in [3.8, 4) is 0 Å². The molecule has 0 saturated heterocycles. The summed E-state index contributed by atoms with van der Waals surface area (Å²) in [5.74, 6) is -0.847. The van der Waals surface area contributed by atoms with Gasteiger partial charge >= 0.3 is 0 Å². The molecule has 7 heteroatoms. The molecule has 118 valence electrons. The van der Waals surface area contributed by atoms with Crippen LogP contribution >= 0.6 is 0 Å². The second-order valence-electron chi connectivity index (χ2n) is 4.88. The number of unbranched alkanes of at least 4 members (excludes halogenated alkanes) is 1. The molecule has 0 unspecified atom stereocenters. The van der Waals surface area contributed by atoms with Gasteiger partial charge in [-0.25, -0.2) is 0 Å². The summed E-state index contributed by atoms with van der Waals surface area (Å²) in [5.41, 5.74) is 0.903. The molecule has 0 spiro atoms. The van der Waals surface area contributed by atoms with Crippen molar-refractivity contribution in [3.63, 3.8) is 0 Å². The zero-order valence-electron chi connectivity index (χ0n) is 12.1. The number of aliphatic hydroxyl groups excluding tert-OH is 1. The molecular weight excluding hydrogens is 282 g/mol. The minimum absolute atomic E-state index is 0.107. The first-order chi connectivity index (χ1) is 9.24. The van der Waals surface area contributed by atoms with Gasteiger partial charge in [0, 0.05) is 12.6 Å². The van der Waals surface area contributed by atoms with Gasteiger partial charge in [0.25, 0.3) is 10.1 Å². The molecule has 0 saturated carbocycles. The van der Waals surface area contributed by atoms with E-state index in [2.05, 4.69) is 5.32 Å². The van der Waals surface area contributed by atoms with Crippen molar-refractivity contribution < 1.29 is 22.9 Å². The van der Waals surface area contributed by atoms with Crippen LogP contribution < -0.4 is 5.32 Å². The Morgan fingerprint density at radius 1 is 1.35 bits per heavy atom. The summed E-state index contributed by atoms with van der Waals surface area (Å²) in [6.45, 7) is 3.66. The Kier molecular flexibility index (Phi) is 9.45. The molecule has 0 radical (unpaired) electrons. The normalized spacial score (nSPS) is 14.1. The quantitative estimate of drug-likeness (QED) is 0.320. The zero-order valence-corrected chi connectivity index (χ0v) is 12.9. The molecule has 3 N–H and O–H groups in total. The lowest BCUT2D eigenvalue weighted by molar-refractivity contribution is -0.116. The Bertz CT molecular complexity index is 416. The van der Waals surface area contributed by atoms with E-state index in [4.69, 9.17) is 4.55 Å². The minimum atomic E-state index is -4.04. The Hall–Kier alpha value is -0.920. The van der Waals surface area contributed by atoms with Crippen LogP contribution in [0, 0.1) is 0 Å². The smallest absolute Gasteiger partial charge is 0.266 e. The van der Waals surface area contributed by atoms with E-state index in [1.54, 1.807) is 0 Å². The zero-order chi connectivity index (χ0) is 15.6. The topological polar surface area (TPSA) is 104 Å². The molecule has 0 heterocycles. The molecule has 0 aliphatic rings. The predicted octanol–water partition coefficient (Wildman–Crippen LogP) is 1.27. The van der Waals surface area contributed by atoms with E-state index in [1.165, 1.54) is 6.08 Å². The maximum atomic E-state index is 11.4. The molecule has 0 rings (SSSR count). The second kappa shape index (κ2) is 9.90. The number of amides is 1. The molecule has 0 aromatic carbocycles. The predicted molar refractivity (Wildman–Crippen MR) is 77.9 cm³/mol. The van der Waals surface area contributed by atoms with Crippen LogP contribution in [-0.2, 0) is 14.9 Å². The van der Waals surface area contributed by atoms with E-state index in [0.29, 0.717) is 0 Å². The lowest BCUT2D eigenvalue weighted by Gasteiger charge is -2.07. The SMILES string of the molecule is CC[C@@H](O)CCCC/C(C)=C\C(=O)NCCS(=O)(=O)O. The average Bonchev–Trinajstić information content (AvgIpc) is 2.32. The molecular formula is C13H25NO5S. The van der Waals surface area contributed by atoms with E-state index >= 15 is 0 Å². The van der Waals surface area contributed by atoms with Gasteiger partial charge in [0.1, 0.15) is 0 Å². The maximum Gasteiger partial charge on any atom is 0.266 e. The third kappa shape index (κ3) is 12.1. The molecule has 0 fully saturated rings. The molecule has 20 heavy (non-hydrogen) atoms. The number of aliphatic hydroxyl groups is 1. The van der Waals surface area contributed by atoms with Gasteiger partial charge in [-0.05, 0) is 32.6 Å². The number of nitrogens with one attached hydrogen (secondary N) is 1. The Morgan fingerprint density at radius 3 is 2.55 bits per heavy atom. The highest BCUT2D eigenvalue weighted by molar-refractivity contribution is 7.85. The van der Waals surface area contributed by atoms with E-state index in [1.807, 2.05) is 13.8 Å². The second-order valence-corrected chi connectivity index (χ2v) is 6.45. The van der Waals surface area contributed by atoms with Gasteiger partial charge in [-0.1, -0.05) is 18.9 Å². The summed E-state index contributed by atoms with van der Waals surface area (Å²) in [6, 6.07) is 0. The Balaban J connectivity index is 3.84. The fourth-order valence-corrected chi connectivity index (χ4v) is 2.00. The van der Waals surface area contributed by atoms with Crippen molar-refractivity contribution in [1.82, 2.24) is 5.32 Å². The van der Waals surface area contributed by atoms with E-state index < -0.39 is 15.9 Å². The molecule has 0 aliphatic heterocycles. The molecule has 0 aromatic heterocycles. The van der Waals surface area contributed by atoms with E-state index in [-0.39, 0.29) is 18.6 Å². The van der Waals surface area contributed by atoms with Crippen LogP contribution in [0.25, 0.3) is 0 Å². The summed E-state index contributed by atoms with van der Waals surface area (Å²) < 4.78 is 29.4. The highest BCUT2D eigenvalue weighted by Crippen LogP contribution is 2.10. The van der Waals surface area contributed by atoms with Crippen LogP contribution in [0.4, 0.5) is 0 Å². The van der Waals surface area contributed by atoms with Crippen LogP contribution in [0.15, 0.2) is 11.6 Å². The van der Waals surface area contributed by atoms with Crippen LogP contribution in [0.5, 0.6) is 0 Å². The highest BCUT2D eigenvalue weighted by atomic mass is 32.2. The van der Waals surface area contributed by atoms with Crippen LogP contribution in [0.2, 0.25) is 0 Å². The number of allylic oxidation sites excluding steroid dienone is 1. The number of carbonyl (C=O) groups is 1.